The quantitative estimate of drug-likeness (QED) is 0.662. The van der Waals surface area contributed by atoms with Crippen LogP contribution in [0.4, 0.5) is 15.8 Å². The summed E-state index contributed by atoms with van der Waals surface area (Å²) in [5.74, 6) is -0.254. The van der Waals surface area contributed by atoms with Gasteiger partial charge in [0.15, 0.2) is 0 Å². The summed E-state index contributed by atoms with van der Waals surface area (Å²) in [5, 5.41) is 13.7. The van der Waals surface area contributed by atoms with Crippen LogP contribution in [0.25, 0.3) is 0 Å². The molecule has 0 aliphatic rings. The van der Waals surface area contributed by atoms with E-state index in [1.807, 2.05) is 0 Å². The summed E-state index contributed by atoms with van der Waals surface area (Å²) in [5.41, 5.74) is 1.78. The van der Waals surface area contributed by atoms with Gasteiger partial charge in [0, 0.05) is 24.4 Å². The van der Waals surface area contributed by atoms with Crippen LogP contribution in [-0.2, 0) is 6.42 Å². The second-order valence-electron chi connectivity index (χ2n) is 4.11. The van der Waals surface area contributed by atoms with Gasteiger partial charge in [-0.25, -0.2) is 4.39 Å². The van der Waals surface area contributed by atoms with Crippen LogP contribution in [0.15, 0.2) is 48.5 Å². The Morgan fingerprint density at radius 2 is 1.89 bits per heavy atom. The summed E-state index contributed by atoms with van der Waals surface area (Å²) < 4.78 is 12.7. The van der Waals surface area contributed by atoms with Gasteiger partial charge in [-0.1, -0.05) is 18.2 Å². The summed E-state index contributed by atoms with van der Waals surface area (Å²) in [4.78, 5) is 10.2. The van der Waals surface area contributed by atoms with Crippen molar-refractivity contribution in [2.75, 3.05) is 11.9 Å². The van der Waals surface area contributed by atoms with Crippen LogP contribution < -0.4 is 5.32 Å². The van der Waals surface area contributed by atoms with Crippen LogP contribution in [0.5, 0.6) is 0 Å². The van der Waals surface area contributed by atoms with E-state index in [2.05, 4.69) is 5.32 Å². The third kappa shape index (κ3) is 3.77. The van der Waals surface area contributed by atoms with Gasteiger partial charge in [-0.2, -0.15) is 0 Å². The van der Waals surface area contributed by atoms with Gasteiger partial charge in [0.1, 0.15) is 5.82 Å². The number of nitrogens with one attached hydrogen (secondary N) is 1. The molecule has 0 atom stereocenters. The summed E-state index contributed by atoms with van der Waals surface area (Å²) in [6.07, 6.45) is 0.725. The molecule has 0 aliphatic carbocycles. The molecular weight excluding hydrogens is 247 g/mol. The van der Waals surface area contributed by atoms with Gasteiger partial charge < -0.3 is 5.32 Å². The van der Waals surface area contributed by atoms with Crippen LogP contribution in [0.2, 0.25) is 0 Å². The highest BCUT2D eigenvalue weighted by Gasteiger charge is 2.04. The van der Waals surface area contributed by atoms with Crippen molar-refractivity contribution in [3.8, 4) is 0 Å². The maximum atomic E-state index is 12.7. The Kier molecular flexibility index (Phi) is 4.07. The van der Waals surface area contributed by atoms with E-state index in [1.165, 1.54) is 24.3 Å². The average molecular weight is 260 g/mol. The highest BCUT2D eigenvalue weighted by molar-refractivity contribution is 5.50. The summed E-state index contributed by atoms with van der Waals surface area (Å²) in [6, 6.07) is 12.6. The average Bonchev–Trinajstić information content (AvgIpc) is 2.41. The number of anilines is 1. The summed E-state index contributed by atoms with van der Waals surface area (Å²) in [7, 11) is 0. The molecule has 0 radical (unpaired) electrons. The van der Waals surface area contributed by atoms with Gasteiger partial charge in [0.25, 0.3) is 5.69 Å². The summed E-state index contributed by atoms with van der Waals surface area (Å²) >= 11 is 0. The summed E-state index contributed by atoms with van der Waals surface area (Å²) in [6.45, 7) is 0.632. The number of hydrogen-bond donors (Lipinski definition) is 1. The lowest BCUT2D eigenvalue weighted by molar-refractivity contribution is -0.384. The zero-order valence-corrected chi connectivity index (χ0v) is 10.2. The first-order chi connectivity index (χ1) is 9.15. The maximum absolute atomic E-state index is 12.7. The molecule has 19 heavy (non-hydrogen) atoms. The molecular formula is C14H13FN2O2. The molecule has 0 saturated heterocycles. The number of benzene rings is 2. The highest BCUT2D eigenvalue weighted by atomic mass is 19.1. The van der Waals surface area contributed by atoms with Gasteiger partial charge >= 0.3 is 0 Å². The SMILES string of the molecule is O=[N+]([O-])c1cccc(NCCc2ccc(F)cc2)c1. The standard InChI is InChI=1S/C14H13FN2O2/c15-12-6-4-11(5-7-12)8-9-16-13-2-1-3-14(10-13)17(18)19/h1-7,10,16H,8-9H2. The smallest absolute Gasteiger partial charge is 0.271 e. The first kappa shape index (κ1) is 13.0. The fourth-order valence-corrected chi connectivity index (χ4v) is 1.73. The lowest BCUT2D eigenvalue weighted by Gasteiger charge is -2.06. The number of nitro benzene ring substituents is 1. The molecule has 0 amide bonds. The minimum atomic E-state index is -0.425. The molecule has 2 aromatic carbocycles. The third-order valence-corrected chi connectivity index (χ3v) is 2.71. The van der Waals surface area contributed by atoms with Crippen molar-refractivity contribution in [3.63, 3.8) is 0 Å². The van der Waals surface area contributed by atoms with Gasteiger partial charge in [0.05, 0.1) is 4.92 Å². The minimum Gasteiger partial charge on any atom is -0.385 e. The first-order valence-corrected chi connectivity index (χ1v) is 5.88. The molecule has 2 rings (SSSR count). The largest absolute Gasteiger partial charge is 0.385 e. The number of hydrogen-bond acceptors (Lipinski definition) is 3. The van der Waals surface area contributed by atoms with Gasteiger partial charge in [0.2, 0.25) is 0 Å². The monoisotopic (exact) mass is 260 g/mol. The second-order valence-corrected chi connectivity index (χ2v) is 4.11. The Morgan fingerprint density at radius 1 is 1.16 bits per heavy atom. The van der Waals surface area contributed by atoms with E-state index < -0.39 is 4.92 Å². The fourth-order valence-electron chi connectivity index (χ4n) is 1.73. The van der Waals surface area contributed by atoms with Crippen LogP contribution >= 0.6 is 0 Å². The number of non-ortho nitro benzene ring substituents is 1. The lowest BCUT2D eigenvalue weighted by atomic mass is 10.1. The van der Waals surface area contributed by atoms with Gasteiger partial charge in [-0.15, -0.1) is 0 Å². The Morgan fingerprint density at radius 3 is 2.58 bits per heavy atom. The van der Waals surface area contributed by atoms with Crippen LogP contribution in [-0.4, -0.2) is 11.5 Å². The van der Waals surface area contributed by atoms with Crippen LogP contribution in [0.3, 0.4) is 0 Å². The van der Waals surface area contributed by atoms with E-state index in [0.717, 1.165) is 12.0 Å². The highest BCUT2D eigenvalue weighted by Crippen LogP contribution is 2.17. The van der Waals surface area contributed by atoms with E-state index in [0.29, 0.717) is 12.2 Å². The lowest BCUT2D eigenvalue weighted by Crippen LogP contribution is -2.05. The zero-order valence-electron chi connectivity index (χ0n) is 10.2. The van der Waals surface area contributed by atoms with Crippen molar-refractivity contribution >= 4 is 11.4 Å². The van der Waals surface area contributed by atoms with E-state index in [1.54, 1.807) is 24.3 Å². The second kappa shape index (κ2) is 5.95. The Hall–Kier alpha value is -2.43. The molecule has 0 saturated carbocycles. The van der Waals surface area contributed by atoms with Crippen molar-refractivity contribution in [3.05, 3.63) is 70.0 Å². The maximum Gasteiger partial charge on any atom is 0.271 e. The fraction of sp³-hybridized carbons (Fsp3) is 0.143. The van der Waals surface area contributed by atoms with Crippen molar-refractivity contribution in [1.29, 1.82) is 0 Å². The molecule has 4 nitrogen and oxygen atoms in total. The predicted octanol–water partition coefficient (Wildman–Crippen LogP) is 3.39. The molecule has 5 heteroatoms. The molecule has 0 spiro atoms. The Bertz CT molecular complexity index is 570. The molecule has 1 N–H and O–H groups in total. The predicted molar refractivity (Wildman–Crippen MR) is 71.7 cm³/mol. The van der Waals surface area contributed by atoms with E-state index >= 15 is 0 Å². The van der Waals surface area contributed by atoms with Crippen LogP contribution in [0.1, 0.15) is 5.56 Å². The van der Waals surface area contributed by atoms with Crippen molar-refractivity contribution in [2.45, 2.75) is 6.42 Å². The molecule has 0 bridgehead atoms. The number of nitro groups is 1. The normalized spacial score (nSPS) is 10.2. The molecule has 0 aliphatic heterocycles. The first-order valence-electron chi connectivity index (χ1n) is 5.88. The number of nitrogens with zero attached hydrogens (tertiary/aromatic N) is 1. The molecule has 98 valence electrons. The number of halogens is 1. The van der Waals surface area contributed by atoms with Crippen molar-refractivity contribution in [1.82, 2.24) is 0 Å². The van der Waals surface area contributed by atoms with E-state index in [4.69, 9.17) is 0 Å². The molecule has 0 unspecified atom stereocenters. The molecule has 2 aromatic rings. The minimum absolute atomic E-state index is 0.0618. The van der Waals surface area contributed by atoms with Crippen molar-refractivity contribution in [2.24, 2.45) is 0 Å². The Labute approximate surface area is 110 Å². The van der Waals surface area contributed by atoms with E-state index in [-0.39, 0.29) is 11.5 Å². The zero-order chi connectivity index (χ0) is 13.7. The Balaban J connectivity index is 1.90. The van der Waals surface area contributed by atoms with Crippen LogP contribution in [0, 0.1) is 15.9 Å². The van der Waals surface area contributed by atoms with E-state index in [9.17, 15) is 14.5 Å². The molecule has 0 heterocycles. The topological polar surface area (TPSA) is 55.2 Å². The van der Waals surface area contributed by atoms with Crippen molar-refractivity contribution < 1.29 is 9.31 Å². The number of rotatable bonds is 5. The van der Waals surface area contributed by atoms with Gasteiger partial charge in [-0.05, 0) is 30.2 Å². The van der Waals surface area contributed by atoms with Gasteiger partial charge in [-0.3, -0.25) is 10.1 Å². The molecule has 0 aromatic heterocycles. The molecule has 0 fully saturated rings. The third-order valence-electron chi connectivity index (χ3n) is 2.71.